The second-order valence-corrected chi connectivity index (χ2v) is 5.36. The van der Waals surface area contributed by atoms with Crippen molar-refractivity contribution >= 4 is 23.7 Å². The van der Waals surface area contributed by atoms with E-state index in [9.17, 15) is 4.79 Å². The number of likely N-dealkylation sites (N-methyl/N-ethyl adjacent to an activating group) is 1. The highest BCUT2D eigenvalue weighted by molar-refractivity contribution is 6.11. The van der Waals surface area contributed by atoms with Gasteiger partial charge in [0.2, 0.25) is 0 Å². The molecule has 1 aliphatic rings. The molecule has 1 heterocycles. The highest BCUT2D eigenvalue weighted by Crippen LogP contribution is 2.23. The van der Waals surface area contributed by atoms with Gasteiger partial charge >= 0.3 is 0 Å². The van der Waals surface area contributed by atoms with Crippen LogP contribution in [0.5, 0.6) is 0 Å². The molecule has 118 valence electrons. The van der Waals surface area contributed by atoms with Gasteiger partial charge in [-0.25, -0.2) is 4.99 Å². The minimum atomic E-state index is -0.135. The number of carbonyl (C=O) groups excluding carboxylic acids is 1. The molecule has 1 aromatic carbocycles. The number of ether oxygens (including phenoxy) is 1. The van der Waals surface area contributed by atoms with Crippen LogP contribution in [-0.4, -0.2) is 44.0 Å². The van der Waals surface area contributed by atoms with Gasteiger partial charge in [0.15, 0.2) is 5.76 Å². The third-order valence-electron chi connectivity index (χ3n) is 3.50. The average molecular weight is 301 g/mol. The van der Waals surface area contributed by atoms with Gasteiger partial charge < -0.3 is 9.64 Å². The molecule has 1 aromatic rings. The van der Waals surface area contributed by atoms with Crippen LogP contribution in [0.15, 0.2) is 29.0 Å². The molecule has 0 aliphatic carbocycles. The fourth-order valence-electron chi connectivity index (χ4n) is 2.46. The summed E-state index contributed by atoms with van der Waals surface area (Å²) < 4.78 is 5.62. The minimum Gasteiger partial charge on any atom is -0.420 e. The van der Waals surface area contributed by atoms with Gasteiger partial charge in [0.05, 0.1) is 0 Å². The van der Waals surface area contributed by atoms with E-state index >= 15 is 0 Å². The number of aryl methyl sites for hydroxylation is 1. The second kappa shape index (κ2) is 6.64. The van der Waals surface area contributed by atoms with Gasteiger partial charge in [-0.15, -0.1) is 0 Å². The lowest BCUT2D eigenvalue weighted by Crippen LogP contribution is -2.29. The van der Waals surface area contributed by atoms with Crippen LogP contribution >= 0.6 is 0 Å². The van der Waals surface area contributed by atoms with Crippen molar-refractivity contribution in [2.24, 2.45) is 4.99 Å². The number of aliphatic imine (C=N–C) groups is 1. The molecule has 1 fully saturated rings. The summed E-state index contributed by atoms with van der Waals surface area (Å²) in [5.41, 5.74) is 3.25. The highest BCUT2D eigenvalue weighted by Gasteiger charge is 2.33. The molecule has 0 radical (unpaired) electrons. The summed E-state index contributed by atoms with van der Waals surface area (Å²) in [6.07, 6.45) is 1.77. The fraction of sp³-hybridized carbons (Fsp3) is 0.412. The van der Waals surface area contributed by atoms with Crippen LogP contribution in [0, 0.1) is 6.92 Å². The number of amidine groups is 1. The molecule has 0 unspecified atom stereocenters. The molecule has 1 saturated heterocycles. The summed E-state index contributed by atoms with van der Waals surface area (Å²) >= 11 is 0. The number of hydrogen-bond donors (Lipinski definition) is 0. The van der Waals surface area contributed by atoms with E-state index in [-0.39, 0.29) is 5.91 Å². The van der Waals surface area contributed by atoms with E-state index in [0.29, 0.717) is 24.9 Å². The summed E-state index contributed by atoms with van der Waals surface area (Å²) in [6.45, 7) is 7.01. The minimum absolute atomic E-state index is 0.135. The van der Waals surface area contributed by atoms with Crippen molar-refractivity contribution in [3.05, 3.63) is 35.1 Å². The van der Waals surface area contributed by atoms with Crippen molar-refractivity contribution in [1.29, 1.82) is 0 Å². The quantitative estimate of drug-likeness (QED) is 0.803. The zero-order valence-corrected chi connectivity index (χ0v) is 13.9. The molecule has 0 N–H and O–H groups in total. The Hall–Kier alpha value is -2.30. The molecule has 5 nitrogen and oxygen atoms in total. The first-order valence-corrected chi connectivity index (χ1v) is 7.51. The Labute approximate surface area is 131 Å². The molecular formula is C17H23N3O2. The Bertz CT molecular complexity index is 633. The van der Waals surface area contributed by atoms with Crippen LogP contribution < -0.4 is 4.90 Å². The van der Waals surface area contributed by atoms with Gasteiger partial charge in [-0.3, -0.25) is 9.69 Å². The van der Waals surface area contributed by atoms with Crippen molar-refractivity contribution in [3.8, 4) is 0 Å². The van der Waals surface area contributed by atoms with E-state index in [0.717, 1.165) is 16.8 Å². The van der Waals surface area contributed by atoms with Gasteiger partial charge in [-0.05, 0) is 50.1 Å². The topological polar surface area (TPSA) is 45.1 Å². The molecule has 1 aliphatic heterocycles. The van der Waals surface area contributed by atoms with E-state index in [1.165, 1.54) is 0 Å². The Kier molecular flexibility index (Phi) is 4.85. The molecule has 5 heteroatoms. The number of benzene rings is 1. The predicted octanol–water partition coefficient (Wildman–Crippen LogP) is 2.66. The standard InChI is InChI=1S/C17H23N3O2/c1-6-18-17-20(7-2)16(21)15(22-17)11-13-8-9-14(19(4)5)12(3)10-13/h8-11H,6-7H2,1-5H3/b15-11+,18-17?. The zero-order valence-electron chi connectivity index (χ0n) is 13.9. The van der Waals surface area contributed by atoms with E-state index in [1.807, 2.05) is 46.1 Å². The van der Waals surface area contributed by atoms with E-state index in [2.05, 4.69) is 16.8 Å². The number of hydrogen-bond acceptors (Lipinski definition) is 4. The first kappa shape index (κ1) is 16.1. The Balaban J connectivity index is 2.32. The van der Waals surface area contributed by atoms with Crippen LogP contribution in [-0.2, 0) is 9.53 Å². The number of anilines is 1. The van der Waals surface area contributed by atoms with E-state index in [4.69, 9.17) is 4.74 Å². The number of amides is 1. The maximum absolute atomic E-state index is 12.3. The molecular weight excluding hydrogens is 278 g/mol. The SMILES string of the molecule is CCN=C1O/C(=C/c2ccc(N(C)C)c(C)c2)C(=O)N1CC. The summed E-state index contributed by atoms with van der Waals surface area (Å²) in [7, 11) is 4.02. The monoisotopic (exact) mass is 301 g/mol. The van der Waals surface area contributed by atoms with Gasteiger partial charge in [0.25, 0.3) is 11.9 Å². The van der Waals surface area contributed by atoms with Crippen molar-refractivity contribution in [3.63, 3.8) is 0 Å². The first-order valence-electron chi connectivity index (χ1n) is 7.51. The van der Waals surface area contributed by atoms with Crippen molar-refractivity contribution in [2.45, 2.75) is 20.8 Å². The molecule has 2 rings (SSSR count). The summed E-state index contributed by atoms with van der Waals surface area (Å²) in [5, 5.41) is 0. The van der Waals surface area contributed by atoms with E-state index in [1.54, 1.807) is 11.0 Å². The van der Waals surface area contributed by atoms with Crippen LogP contribution in [0.1, 0.15) is 25.0 Å². The van der Waals surface area contributed by atoms with Gasteiger partial charge in [-0.2, -0.15) is 0 Å². The van der Waals surface area contributed by atoms with Gasteiger partial charge in [0, 0.05) is 32.9 Å². The lowest BCUT2D eigenvalue weighted by atomic mass is 10.1. The number of carbonyl (C=O) groups is 1. The maximum atomic E-state index is 12.3. The Morgan fingerprint density at radius 2 is 2.05 bits per heavy atom. The largest absolute Gasteiger partial charge is 0.420 e. The third kappa shape index (κ3) is 3.13. The van der Waals surface area contributed by atoms with Crippen LogP contribution in [0.2, 0.25) is 0 Å². The first-order chi connectivity index (χ1) is 10.5. The molecule has 0 aromatic heterocycles. The van der Waals surface area contributed by atoms with Gasteiger partial charge in [-0.1, -0.05) is 6.07 Å². The fourth-order valence-corrected chi connectivity index (χ4v) is 2.46. The maximum Gasteiger partial charge on any atom is 0.300 e. The third-order valence-corrected chi connectivity index (χ3v) is 3.50. The van der Waals surface area contributed by atoms with Crippen LogP contribution in [0.25, 0.3) is 6.08 Å². The smallest absolute Gasteiger partial charge is 0.300 e. The Morgan fingerprint density at radius 3 is 2.59 bits per heavy atom. The molecule has 0 spiro atoms. The van der Waals surface area contributed by atoms with Gasteiger partial charge in [0.1, 0.15) is 0 Å². The van der Waals surface area contributed by atoms with Crippen LogP contribution in [0.3, 0.4) is 0 Å². The number of rotatable bonds is 4. The lowest BCUT2D eigenvalue weighted by molar-refractivity contribution is -0.122. The molecule has 0 bridgehead atoms. The molecule has 22 heavy (non-hydrogen) atoms. The second-order valence-electron chi connectivity index (χ2n) is 5.36. The molecule has 0 atom stereocenters. The summed E-state index contributed by atoms with van der Waals surface area (Å²) in [5.74, 6) is 0.190. The number of nitrogens with zero attached hydrogens (tertiary/aromatic N) is 3. The van der Waals surface area contributed by atoms with Crippen molar-refractivity contribution < 1.29 is 9.53 Å². The van der Waals surface area contributed by atoms with Crippen LogP contribution in [0.4, 0.5) is 5.69 Å². The summed E-state index contributed by atoms with van der Waals surface area (Å²) in [4.78, 5) is 20.2. The van der Waals surface area contributed by atoms with E-state index < -0.39 is 0 Å². The van der Waals surface area contributed by atoms with Crippen molar-refractivity contribution in [2.75, 3.05) is 32.1 Å². The molecule has 1 amide bonds. The molecule has 0 saturated carbocycles. The average Bonchev–Trinajstić information content (AvgIpc) is 2.74. The highest BCUT2D eigenvalue weighted by atomic mass is 16.5. The predicted molar refractivity (Wildman–Crippen MR) is 89.9 cm³/mol. The lowest BCUT2D eigenvalue weighted by Gasteiger charge is -2.15. The van der Waals surface area contributed by atoms with Crippen molar-refractivity contribution in [1.82, 2.24) is 4.90 Å². The Morgan fingerprint density at radius 1 is 1.32 bits per heavy atom. The zero-order chi connectivity index (χ0) is 16.3. The summed E-state index contributed by atoms with van der Waals surface area (Å²) in [6, 6.07) is 6.46. The normalized spacial score (nSPS) is 18.2.